The number of halogens is 1. The van der Waals surface area contributed by atoms with Gasteiger partial charge in [0.1, 0.15) is 17.4 Å². The second kappa shape index (κ2) is 4.90. The molecule has 1 heterocycles. The molecule has 19 heavy (non-hydrogen) atoms. The Hall–Kier alpha value is -2.68. The Morgan fingerprint density at radius 3 is 2.79 bits per heavy atom. The molecule has 1 unspecified atom stereocenters. The fraction of sp³-hybridized carbons (Fsp3) is 0.154. The molecule has 0 aliphatic rings. The zero-order valence-corrected chi connectivity index (χ0v) is 10.1. The van der Waals surface area contributed by atoms with E-state index in [1.807, 2.05) is 0 Å². The summed E-state index contributed by atoms with van der Waals surface area (Å²) < 4.78 is 14.3. The third kappa shape index (κ3) is 2.45. The molecule has 0 amide bonds. The van der Waals surface area contributed by atoms with Gasteiger partial charge in [0.25, 0.3) is 5.56 Å². The number of aromatic amines is 1. The molecule has 0 aliphatic heterocycles. The molecule has 0 fully saturated rings. The van der Waals surface area contributed by atoms with Crippen molar-refractivity contribution in [1.29, 1.82) is 5.26 Å². The Kier molecular flexibility index (Phi) is 3.29. The quantitative estimate of drug-likeness (QED) is 0.878. The predicted octanol–water partition coefficient (Wildman–Crippen LogP) is 1.16. The minimum atomic E-state index is -0.727. The molecule has 0 aliphatic carbocycles. The van der Waals surface area contributed by atoms with Gasteiger partial charge in [0.2, 0.25) is 0 Å². The van der Waals surface area contributed by atoms with Crippen LogP contribution in [-0.4, -0.2) is 9.55 Å². The lowest BCUT2D eigenvalue weighted by Gasteiger charge is -2.15. The average molecular weight is 259 g/mol. The highest BCUT2D eigenvalue weighted by Gasteiger charge is 2.12. The van der Waals surface area contributed by atoms with Gasteiger partial charge in [-0.05, 0) is 24.6 Å². The van der Waals surface area contributed by atoms with Crippen LogP contribution in [0.4, 0.5) is 4.39 Å². The SMILES string of the molecule is CC(c1cccc(F)c1)n1cc(C#N)c(=O)[nH]c1=O. The molecule has 1 aromatic heterocycles. The first-order chi connectivity index (χ1) is 9.02. The van der Waals surface area contributed by atoms with Gasteiger partial charge in [-0.15, -0.1) is 0 Å². The summed E-state index contributed by atoms with van der Waals surface area (Å²) in [6.07, 6.45) is 1.18. The van der Waals surface area contributed by atoms with Crippen LogP contribution in [0.25, 0.3) is 0 Å². The Bertz CT molecular complexity index is 770. The van der Waals surface area contributed by atoms with Gasteiger partial charge in [0, 0.05) is 6.20 Å². The van der Waals surface area contributed by atoms with Crippen LogP contribution in [0.2, 0.25) is 0 Å². The summed E-state index contributed by atoms with van der Waals surface area (Å²) in [4.78, 5) is 25.1. The monoisotopic (exact) mass is 259 g/mol. The van der Waals surface area contributed by atoms with E-state index < -0.39 is 23.1 Å². The summed E-state index contributed by atoms with van der Waals surface area (Å²) >= 11 is 0. The van der Waals surface area contributed by atoms with E-state index in [1.54, 1.807) is 19.1 Å². The number of nitrogens with one attached hydrogen (secondary N) is 1. The number of aromatic nitrogens is 2. The zero-order chi connectivity index (χ0) is 14.0. The van der Waals surface area contributed by atoms with E-state index in [0.717, 1.165) is 0 Å². The minimum Gasteiger partial charge on any atom is -0.292 e. The van der Waals surface area contributed by atoms with Crippen molar-refractivity contribution in [3.05, 3.63) is 68.2 Å². The van der Waals surface area contributed by atoms with Gasteiger partial charge in [-0.2, -0.15) is 5.26 Å². The van der Waals surface area contributed by atoms with Crippen molar-refractivity contribution in [3.8, 4) is 6.07 Å². The van der Waals surface area contributed by atoms with Crippen LogP contribution < -0.4 is 11.2 Å². The van der Waals surface area contributed by atoms with Gasteiger partial charge < -0.3 is 0 Å². The van der Waals surface area contributed by atoms with Gasteiger partial charge in [0.05, 0.1) is 6.04 Å². The molecule has 0 radical (unpaired) electrons. The first-order valence-corrected chi connectivity index (χ1v) is 5.54. The van der Waals surface area contributed by atoms with Crippen molar-refractivity contribution in [1.82, 2.24) is 9.55 Å². The van der Waals surface area contributed by atoms with Crippen LogP contribution in [0.15, 0.2) is 40.1 Å². The van der Waals surface area contributed by atoms with Gasteiger partial charge in [-0.3, -0.25) is 14.3 Å². The summed E-state index contributed by atoms with van der Waals surface area (Å²) in [7, 11) is 0. The summed E-state index contributed by atoms with van der Waals surface area (Å²) in [6, 6.07) is 7.00. The zero-order valence-electron chi connectivity index (χ0n) is 10.1. The number of H-pyrrole nitrogens is 1. The standard InChI is InChI=1S/C13H10FN3O2/c1-8(9-3-2-4-11(14)5-9)17-7-10(6-15)12(18)16-13(17)19/h2-5,7-8H,1H3,(H,16,18,19). The molecule has 2 aromatic rings. The highest BCUT2D eigenvalue weighted by atomic mass is 19.1. The molecule has 96 valence electrons. The topological polar surface area (TPSA) is 78.7 Å². The van der Waals surface area contributed by atoms with Crippen molar-refractivity contribution >= 4 is 0 Å². The highest BCUT2D eigenvalue weighted by Crippen LogP contribution is 2.16. The molecule has 2 rings (SSSR count). The normalized spacial score (nSPS) is 11.8. The first kappa shape index (κ1) is 12.8. The average Bonchev–Trinajstić information content (AvgIpc) is 2.38. The van der Waals surface area contributed by atoms with Crippen molar-refractivity contribution < 1.29 is 4.39 Å². The molecule has 5 nitrogen and oxygen atoms in total. The van der Waals surface area contributed by atoms with E-state index in [1.165, 1.54) is 29.0 Å². The van der Waals surface area contributed by atoms with E-state index in [9.17, 15) is 14.0 Å². The van der Waals surface area contributed by atoms with E-state index in [4.69, 9.17) is 5.26 Å². The molecule has 0 saturated carbocycles. The lowest BCUT2D eigenvalue weighted by atomic mass is 10.1. The van der Waals surface area contributed by atoms with Crippen LogP contribution >= 0.6 is 0 Å². The van der Waals surface area contributed by atoms with E-state index >= 15 is 0 Å². The number of rotatable bonds is 2. The molecule has 1 atom stereocenters. The van der Waals surface area contributed by atoms with Crippen LogP contribution in [-0.2, 0) is 0 Å². The first-order valence-electron chi connectivity index (χ1n) is 5.54. The Morgan fingerprint density at radius 1 is 1.42 bits per heavy atom. The third-order valence-electron chi connectivity index (χ3n) is 2.84. The maximum Gasteiger partial charge on any atom is 0.328 e. The highest BCUT2D eigenvalue weighted by molar-refractivity contribution is 5.25. The summed E-state index contributed by atoms with van der Waals surface area (Å²) in [5.74, 6) is -0.415. The smallest absolute Gasteiger partial charge is 0.292 e. The second-order valence-corrected chi connectivity index (χ2v) is 4.05. The maximum atomic E-state index is 13.2. The summed E-state index contributed by atoms with van der Waals surface area (Å²) in [5, 5.41) is 8.78. The van der Waals surface area contributed by atoms with E-state index in [2.05, 4.69) is 4.98 Å². The van der Waals surface area contributed by atoms with Crippen molar-refractivity contribution in [2.24, 2.45) is 0 Å². The fourth-order valence-electron chi connectivity index (χ4n) is 1.78. The van der Waals surface area contributed by atoms with Gasteiger partial charge >= 0.3 is 5.69 Å². The van der Waals surface area contributed by atoms with Gasteiger partial charge in [-0.25, -0.2) is 9.18 Å². The van der Waals surface area contributed by atoms with Crippen molar-refractivity contribution in [2.45, 2.75) is 13.0 Å². The predicted molar refractivity (Wildman–Crippen MR) is 66.3 cm³/mol. The Labute approximate surface area is 107 Å². The number of nitrogens with zero attached hydrogens (tertiary/aromatic N) is 2. The fourth-order valence-corrected chi connectivity index (χ4v) is 1.78. The van der Waals surface area contributed by atoms with E-state index in [0.29, 0.717) is 5.56 Å². The lowest BCUT2D eigenvalue weighted by molar-refractivity contribution is 0.579. The lowest BCUT2D eigenvalue weighted by Crippen LogP contribution is -2.33. The van der Waals surface area contributed by atoms with Gasteiger partial charge in [-0.1, -0.05) is 12.1 Å². The minimum absolute atomic E-state index is 0.164. The molecule has 0 spiro atoms. The Morgan fingerprint density at radius 2 is 2.16 bits per heavy atom. The molecule has 0 saturated heterocycles. The second-order valence-electron chi connectivity index (χ2n) is 4.05. The maximum absolute atomic E-state index is 13.2. The van der Waals surface area contributed by atoms with Gasteiger partial charge in [0.15, 0.2) is 0 Å². The van der Waals surface area contributed by atoms with Crippen molar-refractivity contribution in [3.63, 3.8) is 0 Å². The number of hydrogen-bond donors (Lipinski definition) is 1. The molecule has 0 bridgehead atoms. The van der Waals surface area contributed by atoms with Crippen LogP contribution in [0.1, 0.15) is 24.1 Å². The number of hydrogen-bond acceptors (Lipinski definition) is 3. The van der Waals surface area contributed by atoms with Crippen LogP contribution in [0, 0.1) is 17.1 Å². The third-order valence-corrected chi connectivity index (χ3v) is 2.84. The summed E-state index contributed by atoms with van der Waals surface area (Å²) in [6.45, 7) is 1.68. The van der Waals surface area contributed by atoms with Crippen LogP contribution in [0.5, 0.6) is 0 Å². The molecule has 1 aromatic carbocycles. The van der Waals surface area contributed by atoms with Crippen LogP contribution in [0.3, 0.4) is 0 Å². The largest absolute Gasteiger partial charge is 0.328 e. The molecule has 6 heteroatoms. The Balaban J connectivity index is 2.57. The molecular weight excluding hydrogens is 249 g/mol. The number of benzene rings is 1. The summed E-state index contributed by atoms with van der Waals surface area (Å²) in [5.41, 5.74) is -0.961. The number of nitriles is 1. The molecule has 1 N–H and O–H groups in total. The molecular formula is C13H10FN3O2. The van der Waals surface area contributed by atoms with Crippen molar-refractivity contribution in [2.75, 3.05) is 0 Å². The van der Waals surface area contributed by atoms with E-state index in [-0.39, 0.29) is 5.56 Å².